The van der Waals surface area contributed by atoms with Gasteiger partial charge in [-0.05, 0) is 68.6 Å². The first-order valence-corrected chi connectivity index (χ1v) is 12.4. The minimum absolute atomic E-state index is 0.249. The zero-order chi connectivity index (χ0) is 23.1. The average Bonchev–Trinajstić information content (AvgIpc) is 3.55. The van der Waals surface area contributed by atoms with Crippen LogP contribution in [0, 0.1) is 0 Å². The highest BCUT2D eigenvalue weighted by atomic mass is 35.5. The Hall–Kier alpha value is -2.90. The van der Waals surface area contributed by atoms with E-state index in [2.05, 4.69) is 21.2 Å². The highest BCUT2D eigenvalue weighted by molar-refractivity contribution is 6.32. The van der Waals surface area contributed by atoms with Crippen LogP contribution in [0.4, 0.5) is 11.4 Å². The summed E-state index contributed by atoms with van der Waals surface area (Å²) in [5, 5.41) is 4.98. The minimum Gasteiger partial charge on any atom is -0.454 e. The standard InChI is InChI=1S/C26H28ClN3O4/c27-18-12-20-21(14-25(31)34-26(20)22(13-18)29-9-1-2-10-29)30(19-5-7-28-8-6-19)15-17-3-4-23-24(11-17)33-16-32-23/h3-4,11-14,19,28H,1-2,5-10,15-16H2. The maximum Gasteiger partial charge on any atom is 0.338 e. The Balaban J connectivity index is 1.48. The molecule has 2 aromatic carbocycles. The largest absolute Gasteiger partial charge is 0.454 e. The first kappa shape index (κ1) is 21.6. The molecule has 8 heteroatoms. The lowest BCUT2D eigenvalue weighted by molar-refractivity contribution is 0.174. The monoisotopic (exact) mass is 481 g/mol. The van der Waals surface area contributed by atoms with Crippen molar-refractivity contribution in [2.75, 3.05) is 42.8 Å². The van der Waals surface area contributed by atoms with Crippen molar-refractivity contribution in [3.05, 3.63) is 57.4 Å². The van der Waals surface area contributed by atoms with E-state index in [1.165, 1.54) is 0 Å². The number of benzene rings is 2. The molecule has 1 N–H and O–H groups in total. The number of hydrogen-bond acceptors (Lipinski definition) is 7. The van der Waals surface area contributed by atoms with Gasteiger partial charge in [-0.15, -0.1) is 0 Å². The van der Waals surface area contributed by atoms with Crippen LogP contribution in [0.1, 0.15) is 31.2 Å². The van der Waals surface area contributed by atoms with Gasteiger partial charge in [-0.2, -0.15) is 0 Å². The maximum absolute atomic E-state index is 12.9. The second kappa shape index (κ2) is 9.04. The molecule has 0 atom stereocenters. The molecule has 7 nitrogen and oxygen atoms in total. The van der Waals surface area contributed by atoms with Gasteiger partial charge in [-0.3, -0.25) is 0 Å². The fourth-order valence-electron chi connectivity index (χ4n) is 5.39. The van der Waals surface area contributed by atoms with Crippen molar-refractivity contribution < 1.29 is 13.9 Å². The van der Waals surface area contributed by atoms with Gasteiger partial charge in [-0.1, -0.05) is 17.7 Å². The molecule has 0 unspecified atom stereocenters. The molecule has 3 aliphatic heterocycles. The third kappa shape index (κ3) is 4.07. The number of fused-ring (bicyclic) bond motifs is 2. The fraction of sp³-hybridized carbons (Fsp3) is 0.423. The van der Waals surface area contributed by atoms with Crippen molar-refractivity contribution in [2.24, 2.45) is 0 Å². The number of nitrogens with zero attached hydrogens (tertiary/aromatic N) is 2. The highest BCUT2D eigenvalue weighted by Crippen LogP contribution is 2.39. The predicted molar refractivity (Wildman–Crippen MR) is 134 cm³/mol. The van der Waals surface area contributed by atoms with Gasteiger partial charge < -0.3 is 29.0 Å². The van der Waals surface area contributed by atoms with Gasteiger partial charge in [0.1, 0.15) is 0 Å². The van der Waals surface area contributed by atoms with Crippen molar-refractivity contribution in [1.29, 1.82) is 0 Å². The molecule has 0 radical (unpaired) electrons. The summed E-state index contributed by atoms with van der Waals surface area (Å²) in [6.45, 7) is 4.67. The number of rotatable bonds is 5. The van der Waals surface area contributed by atoms with Crippen molar-refractivity contribution >= 4 is 33.9 Å². The predicted octanol–water partition coefficient (Wildman–Crippen LogP) is 4.53. The molecular weight excluding hydrogens is 454 g/mol. The number of hydrogen-bond donors (Lipinski definition) is 1. The van der Waals surface area contributed by atoms with Gasteiger partial charge in [0.2, 0.25) is 6.79 Å². The molecule has 178 valence electrons. The first-order chi connectivity index (χ1) is 16.7. The van der Waals surface area contributed by atoms with Crippen LogP contribution in [0.15, 0.2) is 45.6 Å². The zero-order valence-corrected chi connectivity index (χ0v) is 19.8. The topological polar surface area (TPSA) is 67.2 Å². The molecule has 2 saturated heterocycles. The van der Waals surface area contributed by atoms with Crippen LogP contribution < -0.4 is 30.2 Å². The maximum atomic E-state index is 12.9. The van der Waals surface area contributed by atoms with Crippen molar-refractivity contribution in [1.82, 2.24) is 5.32 Å². The summed E-state index contributed by atoms with van der Waals surface area (Å²) >= 11 is 6.62. The lowest BCUT2D eigenvalue weighted by Crippen LogP contribution is -2.43. The second-order valence-corrected chi connectivity index (χ2v) is 9.68. The summed E-state index contributed by atoms with van der Waals surface area (Å²) in [4.78, 5) is 17.5. The van der Waals surface area contributed by atoms with E-state index in [9.17, 15) is 4.79 Å². The quantitative estimate of drug-likeness (QED) is 0.537. The van der Waals surface area contributed by atoms with Crippen LogP contribution in [-0.4, -0.2) is 39.0 Å². The fourth-order valence-corrected chi connectivity index (χ4v) is 5.60. The van der Waals surface area contributed by atoms with Crippen molar-refractivity contribution in [3.63, 3.8) is 0 Å². The normalized spacial score (nSPS) is 18.1. The van der Waals surface area contributed by atoms with E-state index in [1.807, 2.05) is 24.3 Å². The van der Waals surface area contributed by atoms with E-state index in [-0.39, 0.29) is 18.5 Å². The molecule has 0 spiro atoms. The van der Waals surface area contributed by atoms with Gasteiger partial charge in [0, 0.05) is 42.2 Å². The number of piperidine rings is 1. The summed E-state index contributed by atoms with van der Waals surface area (Å²) in [5.41, 5.74) is 3.17. The molecule has 0 saturated carbocycles. The molecule has 0 amide bonds. The molecule has 4 heterocycles. The van der Waals surface area contributed by atoms with Gasteiger partial charge in [0.15, 0.2) is 17.1 Å². The van der Waals surface area contributed by atoms with Gasteiger partial charge in [0.05, 0.1) is 11.4 Å². The summed E-state index contributed by atoms with van der Waals surface area (Å²) in [5.74, 6) is 1.53. The van der Waals surface area contributed by atoms with E-state index in [0.717, 1.165) is 85.7 Å². The summed E-state index contributed by atoms with van der Waals surface area (Å²) in [6, 6.07) is 11.8. The number of nitrogens with one attached hydrogen (secondary N) is 1. The van der Waals surface area contributed by atoms with Crippen LogP contribution >= 0.6 is 11.6 Å². The van der Waals surface area contributed by atoms with E-state index in [0.29, 0.717) is 17.2 Å². The lowest BCUT2D eigenvalue weighted by Gasteiger charge is -2.37. The Morgan fingerprint density at radius 1 is 1.03 bits per heavy atom. The second-order valence-electron chi connectivity index (χ2n) is 9.24. The van der Waals surface area contributed by atoms with Crippen LogP contribution in [0.5, 0.6) is 11.5 Å². The summed E-state index contributed by atoms with van der Waals surface area (Å²) < 4.78 is 16.9. The SMILES string of the molecule is O=c1cc(N(Cc2ccc3c(c2)OCO3)C2CCNCC2)c2cc(Cl)cc(N3CCCC3)c2o1. The molecule has 3 aliphatic rings. The van der Waals surface area contributed by atoms with E-state index < -0.39 is 0 Å². The number of ether oxygens (including phenoxy) is 2. The highest BCUT2D eigenvalue weighted by Gasteiger charge is 2.27. The van der Waals surface area contributed by atoms with E-state index >= 15 is 0 Å². The molecule has 6 rings (SSSR count). The molecule has 3 aromatic rings. The Morgan fingerprint density at radius 2 is 1.82 bits per heavy atom. The average molecular weight is 482 g/mol. The molecule has 0 aliphatic carbocycles. The zero-order valence-electron chi connectivity index (χ0n) is 19.0. The third-order valence-electron chi connectivity index (χ3n) is 7.06. The van der Waals surface area contributed by atoms with Crippen molar-refractivity contribution in [2.45, 2.75) is 38.3 Å². The minimum atomic E-state index is -0.338. The first-order valence-electron chi connectivity index (χ1n) is 12.0. The number of anilines is 2. The van der Waals surface area contributed by atoms with Crippen LogP contribution in [0.3, 0.4) is 0 Å². The molecular formula is C26H28ClN3O4. The Morgan fingerprint density at radius 3 is 2.65 bits per heavy atom. The van der Waals surface area contributed by atoms with Gasteiger partial charge in [-0.25, -0.2) is 4.79 Å². The molecule has 0 bridgehead atoms. The van der Waals surface area contributed by atoms with Crippen LogP contribution in [-0.2, 0) is 6.54 Å². The Labute approximate surface area is 203 Å². The molecule has 2 fully saturated rings. The Bertz CT molecular complexity index is 1260. The molecule has 34 heavy (non-hydrogen) atoms. The lowest BCUT2D eigenvalue weighted by atomic mass is 10.0. The van der Waals surface area contributed by atoms with E-state index in [1.54, 1.807) is 6.07 Å². The summed E-state index contributed by atoms with van der Waals surface area (Å²) in [6.07, 6.45) is 4.24. The smallest absolute Gasteiger partial charge is 0.338 e. The third-order valence-corrected chi connectivity index (χ3v) is 7.28. The molecule has 1 aromatic heterocycles. The van der Waals surface area contributed by atoms with Gasteiger partial charge >= 0.3 is 5.63 Å². The summed E-state index contributed by atoms with van der Waals surface area (Å²) in [7, 11) is 0. The van der Waals surface area contributed by atoms with Crippen LogP contribution in [0.2, 0.25) is 5.02 Å². The Kier molecular flexibility index (Phi) is 5.75. The van der Waals surface area contributed by atoms with Crippen LogP contribution in [0.25, 0.3) is 11.0 Å². The van der Waals surface area contributed by atoms with Gasteiger partial charge in [0.25, 0.3) is 0 Å². The van der Waals surface area contributed by atoms with E-state index in [4.69, 9.17) is 25.5 Å². The van der Waals surface area contributed by atoms with Crippen molar-refractivity contribution in [3.8, 4) is 11.5 Å². The number of halogens is 1.